The van der Waals surface area contributed by atoms with E-state index in [1.807, 2.05) is 18.3 Å². The molecule has 23 heavy (non-hydrogen) atoms. The molecule has 0 spiro atoms. The SMILES string of the molecule is COCCO[C@@H]1CCN(c2ncccn2)[C@@H]1Cc1cccnc1. The number of pyridine rings is 1. The van der Waals surface area contributed by atoms with Gasteiger partial charge in [0.25, 0.3) is 0 Å². The Labute approximate surface area is 136 Å². The van der Waals surface area contributed by atoms with Gasteiger partial charge in [-0.2, -0.15) is 0 Å². The third kappa shape index (κ3) is 4.03. The predicted molar refractivity (Wildman–Crippen MR) is 87.3 cm³/mol. The summed E-state index contributed by atoms with van der Waals surface area (Å²) in [5, 5.41) is 0. The maximum atomic E-state index is 6.04. The number of aromatic nitrogens is 3. The van der Waals surface area contributed by atoms with Crippen molar-refractivity contribution < 1.29 is 9.47 Å². The smallest absolute Gasteiger partial charge is 0.225 e. The second-order valence-electron chi connectivity index (χ2n) is 5.57. The van der Waals surface area contributed by atoms with E-state index in [0.717, 1.165) is 25.3 Å². The molecule has 3 heterocycles. The van der Waals surface area contributed by atoms with Gasteiger partial charge in [-0.25, -0.2) is 9.97 Å². The molecule has 0 N–H and O–H groups in total. The van der Waals surface area contributed by atoms with E-state index in [-0.39, 0.29) is 12.1 Å². The number of nitrogens with zero attached hydrogens (tertiary/aromatic N) is 4. The van der Waals surface area contributed by atoms with Crippen LogP contribution in [0.2, 0.25) is 0 Å². The van der Waals surface area contributed by atoms with Crippen molar-refractivity contribution in [3.8, 4) is 0 Å². The van der Waals surface area contributed by atoms with Crippen LogP contribution in [0.4, 0.5) is 5.95 Å². The van der Waals surface area contributed by atoms with E-state index in [0.29, 0.717) is 13.2 Å². The molecule has 0 saturated carbocycles. The molecule has 0 amide bonds. The number of rotatable bonds is 7. The summed E-state index contributed by atoms with van der Waals surface area (Å²) in [4.78, 5) is 15.3. The first-order valence-corrected chi connectivity index (χ1v) is 7.91. The number of methoxy groups -OCH3 is 1. The Morgan fingerprint density at radius 3 is 2.78 bits per heavy atom. The molecule has 2 atom stereocenters. The van der Waals surface area contributed by atoms with E-state index < -0.39 is 0 Å². The van der Waals surface area contributed by atoms with Crippen LogP contribution < -0.4 is 4.90 Å². The van der Waals surface area contributed by atoms with Crippen LogP contribution in [0.1, 0.15) is 12.0 Å². The van der Waals surface area contributed by atoms with Crippen LogP contribution >= 0.6 is 0 Å². The average Bonchev–Trinajstić information content (AvgIpc) is 3.00. The van der Waals surface area contributed by atoms with Crippen LogP contribution in [-0.4, -0.2) is 54.0 Å². The summed E-state index contributed by atoms with van der Waals surface area (Å²) in [5.74, 6) is 0.763. The molecule has 3 rings (SSSR count). The Hall–Kier alpha value is -2.05. The highest BCUT2D eigenvalue weighted by Gasteiger charge is 2.36. The molecular formula is C17H22N4O2. The highest BCUT2D eigenvalue weighted by molar-refractivity contribution is 5.35. The molecule has 6 nitrogen and oxygen atoms in total. The normalized spacial score (nSPS) is 20.8. The molecular weight excluding hydrogens is 292 g/mol. The number of hydrogen-bond donors (Lipinski definition) is 0. The van der Waals surface area contributed by atoms with Crippen molar-refractivity contribution in [1.82, 2.24) is 15.0 Å². The molecule has 0 radical (unpaired) electrons. The summed E-state index contributed by atoms with van der Waals surface area (Å²) < 4.78 is 11.1. The van der Waals surface area contributed by atoms with Crippen molar-refractivity contribution >= 4 is 5.95 Å². The Bertz CT molecular complexity index is 582. The van der Waals surface area contributed by atoms with Gasteiger partial charge < -0.3 is 14.4 Å². The van der Waals surface area contributed by atoms with Gasteiger partial charge in [-0.3, -0.25) is 4.98 Å². The van der Waals surface area contributed by atoms with Crippen LogP contribution in [-0.2, 0) is 15.9 Å². The molecule has 6 heteroatoms. The molecule has 122 valence electrons. The minimum Gasteiger partial charge on any atom is -0.382 e. The maximum absolute atomic E-state index is 6.04. The topological polar surface area (TPSA) is 60.4 Å². The second-order valence-corrected chi connectivity index (χ2v) is 5.57. The highest BCUT2D eigenvalue weighted by atomic mass is 16.5. The highest BCUT2D eigenvalue weighted by Crippen LogP contribution is 2.27. The third-order valence-electron chi connectivity index (χ3n) is 4.08. The van der Waals surface area contributed by atoms with E-state index in [4.69, 9.17) is 9.47 Å². The largest absolute Gasteiger partial charge is 0.382 e. The lowest BCUT2D eigenvalue weighted by Crippen LogP contribution is -2.39. The van der Waals surface area contributed by atoms with E-state index in [9.17, 15) is 0 Å². The van der Waals surface area contributed by atoms with E-state index in [1.165, 1.54) is 5.56 Å². The summed E-state index contributed by atoms with van der Waals surface area (Å²) in [7, 11) is 1.69. The summed E-state index contributed by atoms with van der Waals surface area (Å²) in [6.45, 7) is 2.11. The summed E-state index contributed by atoms with van der Waals surface area (Å²) in [6.07, 6.45) is 9.24. The van der Waals surface area contributed by atoms with Crippen molar-refractivity contribution in [3.63, 3.8) is 0 Å². The summed E-state index contributed by atoms with van der Waals surface area (Å²) in [6, 6.07) is 6.11. The van der Waals surface area contributed by atoms with Crippen LogP contribution in [0.25, 0.3) is 0 Å². The van der Waals surface area contributed by atoms with E-state index in [2.05, 4.69) is 25.9 Å². The lowest BCUT2D eigenvalue weighted by Gasteiger charge is -2.28. The maximum Gasteiger partial charge on any atom is 0.225 e. The second kappa shape index (κ2) is 7.99. The molecule has 1 fully saturated rings. The average molecular weight is 314 g/mol. The van der Waals surface area contributed by atoms with Gasteiger partial charge in [0.2, 0.25) is 5.95 Å². The van der Waals surface area contributed by atoms with Gasteiger partial charge in [0, 0.05) is 38.4 Å². The molecule has 2 aromatic heterocycles. The monoisotopic (exact) mass is 314 g/mol. The van der Waals surface area contributed by atoms with Crippen LogP contribution in [0.3, 0.4) is 0 Å². The Kier molecular flexibility index (Phi) is 5.50. The molecule has 0 aromatic carbocycles. The van der Waals surface area contributed by atoms with Crippen molar-refractivity contribution in [1.29, 1.82) is 0 Å². The van der Waals surface area contributed by atoms with Gasteiger partial charge in [0.15, 0.2) is 0 Å². The zero-order chi connectivity index (χ0) is 15.9. The van der Waals surface area contributed by atoms with Crippen molar-refractivity contribution in [3.05, 3.63) is 48.5 Å². The Morgan fingerprint density at radius 2 is 2.04 bits per heavy atom. The zero-order valence-electron chi connectivity index (χ0n) is 13.3. The Morgan fingerprint density at radius 1 is 1.17 bits per heavy atom. The molecule has 0 unspecified atom stereocenters. The van der Waals surface area contributed by atoms with Gasteiger partial charge in [0.05, 0.1) is 25.4 Å². The molecule has 1 aliphatic rings. The van der Waals surface area contributed by atoms with Crippen molar-refractivity contribution in [2.75, 3.05) is 31.8 Å². The number of ether oxygens (including phenoxy) is 2. The number of hydrogen-bond acceptors (Lipinski definition) is 6. The first-order chi connectivity index (χ1) is 11.4. The quantitative estimate of drug-likeness (QED) is 0.725. The van der Waals surface area contributed by atoms with Gasteiger partial charge in [0.1, 0.15) is 0 Å². The number of anilines is 1. The standard InChI is InChI=1S/C17H22N4O2/c1-22-10-11-23-16-5-9-21(17-19-7-3-8-20-17)15(16)12-14-4-2-6-18-13-14/h2-4,6-8,13,15-16H,5,9-12H2,1H3/t15-,16-/m1/s1. The fraction of sp³-hybridized carbons (Fsp3) is 0.471. The molecule has 0 aliphatic carbocycles. The van der Waals surface area contributed by atoms with E-state index in [1.54, 1.807) is 25.7 Å². The van der Waals surface area contributed by atoms with Crippen LogP contribution in [0, 0.1) is 0 Å². The van der Waals surface area contributed by atoms with Gasteiger partial charge in [-0.15, -0.1) is 0 Å². The first-order valence-electron chi connectivity index (χ1n) is 7.91. The molecule has 1 aliphatic heterocycles. The lowest BCUT2D eigenvalue weighted by molar-refractivity contribution is 0.0136. The first kappa shape index (κ1) is 15.8. The minimum absolute atomic E-state index is 0.147. The summed E-state index contributed by atoms with van der Waals surface area (Å²) >= 11 is 0. The van der Waals surface area contributed by atoms with Crippen LogP contribution in [0.15, 0.2) is 43.0 Å². The van der Waals surface area contributed by atoms with Crippen molar-refractivity contribution in [2.45, 2.75) is 25.0 Å². The summed E-state index contributed by atoms with van der Waals surface area (Å²) in [5.41, 5.74) is 1.20. The molecule has 1 saturated heterocycles. The van der Waals surface area contributed by atoms with Gasteiger partial charge in [-0.05, 0) is 30.5 Å². The molecule has 2 aromatic rings. The third-order valence-corrected chi connectivity index (χ3v) is 4.08. The minimum atomic E-state index is 0.147. The molecule has 0 bridgehead atoms. The fourth-order valence-corrected chi connectivity index (χ4v) is 2.99. The zero-order valence-corrected chi connectivity index (χ0v) is 13.3. The lowest BCUT2D eigenvalue weighted by atomic mass is 10.0. The van der Waals surface area contributed by atoms with Crippen molar-refractivity contribution in [2.24, 2.45) is 0 Å². The predicted octanol–water partition coefficient (Wildman–Crippen LogP) is 1.72. The van der Waals surface area contributed by atoms with E-state index >= 15 is 0 Å². The van der Waals surface area contributed by atoms with Crippen LogP contribution in [0.5, 0.6) is 0 Å². The Balaban J connectivity index is 1.76. The van der Waals surface area contributed by atoms with Gasteiger partial charge >= 0.3 is 0 Å². The fourth-order valence-electron chi connectivity index (χ4n) is 2.99. The van der Waals surface area contributed by atoms with Gasteiger partial charge in [-0.1, -0.05) is 6.07 Å².